The van der Waals surface area contributed by atoms with Gasteiger partial charge in [-0.3, -0.25) is 4.90 Å². The summed E-state index contributed by atoms with van der Waals surface area (Å²) in [5.74, 6) is 0.940. The Morgan fingerprint density at radius 3 is 2.50 bits per heavy atom. The molecule has 1 unspecified atom stereocenters. The van der Waals surface area contributed by atoms with Gasteiger partial charge in [0.25, 0.3) is 0 Å². The molecule has 0 bridgehead atoms. The van der Waals surface area contributed by atoms with Crippen LogP contribution in [0.25, 0.3) is 0 Å². The second-order valence-electron chi connectivity index (χ2n) is 6.55. The Morgan fingerprint density at radius 1 is 1.08 bits per heavy atom. The van der Waals surface area contributed by atoms with Gasteiger partial charge in [0.1, 0.15) is 5.82 Å². The first-order valence-corrected chi connectivity index (χ1v) is 9.01. The molecular formula is C20H27N3O. The molecule has 3 rings (SSSR count). The molecule has 2 aromatic rings. The molecule has 1 aromatic heterocycles. The number of benzene rings is 1. The Labute approximate surface area is 144 Å². The van der Waals surface area contributed by atoms with Crippen molar-refractivity contribution < 1.29 is 4.74 Å². The highest BCUT2D eigenvalue weighted by Gasteiger charge is 2.19. The molecule has 4 heteroatoms. The largest absolute Gasteiger partial charge is 0.377 e. The zero-order valence-electron chi connectivity index (χ0n) is 14.5. The molecule has 1 aliphatic rings. The van der Waals surface area contributed by atoms with E-state index < -0.39 is 0 Å². The number of aromatic nitrogens is 2. The molecule has 0 radical (unpaired) electrons. The molecule has 1 aromatic carbocycles. The molecule has 2 heterocycles. The molecule has 1 atom stereocenters. The third kappa shape index (κ3) is 5.11. The van der Waals surface area contributed by atoms with Gasteiger partial charge in [0, 0.05) is 50.6 Å². The lowest BCUT2D eigenvalue weighted by molar-refractivity contribution is 0.0678. The lowest BCUT2D eigenvalue weighted by Gasteiger charge is -2.25. The molecule has 128 valence electrons. The van der Waals surface area contributed by atoms with Crippen LogP contribution in [0.4, 0.5) is 0 Å². The molecule has 24 heavy (non-hydrogen) atoms. The van der Waals surface area contributed by atoms with Crippen LogP contribution in [0, 0.1) is 0 Å². The van der Waals surface area contributed by atoms with Crippen LogP contribution in [0.5, 0.6) is 0 Å². The number of rotatable bonds is 8. The minimum Gasteiger partial charge on any atom is -0.377 e. The van der Waals surface area contributed by atoms with E-state index in [9.17, 15) is 0 Å². The monoisotopic (exact) mass is 325 g/mol. The number of aryl methyl sites for hydroxylation is 1. The predicted molar refractivity (Wildman–Crippen MR) is 95.6 cm³/mol. The van der Waals surface area contributed by atoms with Gasteiger partial charge in [0.05, 0.1) is 6.10 Å². The summed E-state index contributed by atoms with van der Waals surface area (Å²) in [6.07, 6.45) is 8.68. The molecular weight excluding hydrogens is 298 g/mol. The van der Waals surface area contributed by atoms with Crippen molar-refractivity contribution in [2.45, 2.75) is 51.8 Å². The standard InChI is InChI=1S/C20H27N3O/c1-2-7-20-21-12-18(13-22-20)15-23(16-19-10-6-11-24-19)14-17-8-4-3-5-9-17/h3-5,8-9,12-13,19H,2,6-7,10-11,14-16H2,1H3. The fraction of sp³-hybridized carbons (Fsp3) is 0.500. The quantitative estimate of drug-likeness (QED) is 0.743. The molecule has 0 saturated carbocycles. The fourth-order valence-corrected chi connectivity index (χ4v) is 3.18. The highest BCUT2D eigenvalue weighted by atomic mass is 16.5. The summed E-state index contributed by atoms with van der Waals surface area (Å²) in [6.45, 7) is 5.81. The van der Waals surface area contributed by atoms with Crippen molar-refractivity contribution in [1.29, 1.82) is 0 Å². The van der Waals surface area contributed by atoms with Crippen LogP contribution in [0.3, 0.4) is 0 Å². The van der Waals surface area contributed by atoms with E-state index in [2.05, 4.69) is 52.1 Å². The zero-order valence-corrected chi connectivity index (χ0v) is 14.5. The van der Waals surface area contributed by atoms with Crippen LogP contribution in [0.15, 0.2) is 42.7 Å². The van der Waals surface area contributed by atoms with E-state index in [0.29, 0.717) is 6.10 Å². The summed E-state index contributed by atoms with van der Waals surface area (Å²) in [5.41, 5.74) is 2.50. The van der Waals surface area contributed by atoms with Gasteiger partial charge in [-0.1, -0.05) is 37.3 Å². The van der Waals surface area contributed by atoms with E-state index in [0.717, 1.165) is 51.3 Å². The summed E-state index contributed by atoms with van der Waals surface area (Å²) in [5, 5.41) is 0. The van der Waals surface area contributed by atoms with Gasteiger partial charge >= 0.3 is 0 Å². The molecule has 1 aliphatic heterocycles. The average Bonchev–Trinajstić information content (AvgIpc) is 3.11. The van der Waals surface area contributed by atoms with Crippen LogP contribution < -0.4 is 0 Å². The SMILES string of the molecule is CCCc1ncc(CN(Cc2ccccc2)CC2CCCO2)cn1. The fourth-order valence-electron chi connectivity index (χ4n) is 3.18. The van der Waals surface area contributed by atoms with E-state index in [1.807, 2.05) is 12.4 Å². The van der Waals surface area contributed by atoms with Crippen LogP contribution in [-0.4, -0.2) is 34.1 Å². The van der Waals surface area contributed by atoms with E-state index in [4.69, 9.17) is 4.74 Å². The van der Waals surface area contributed by atoms with Gasteiger partial charge in [-0.05, 0) is 24.8 Å². The maximum absolute atomic E-state index is 5.84. The van der Waals surface area contributed by atoms with Gasteiger partial charge in [0.15, 0.2) is 0 Å². The van der Waals surface area contributed by atoms with E-state index in [1.54, 1.807) is 0 Å². The topological polar surface area (TPSA) is 38.2 Å². The van der Waals surface area contributed by atoms with E-state index in [1.165, 1.54) is 17.5 Å². The van der Waals surface area contributed by atoms with Crippen molar-refractivity contribution in [3.8, 4) is 0 Å². The molecule has 0 aliphatic carbocycles. The predicted octanol–water partition coefficient (Wildman–Crippen LogP) is 3.61. The molecule has 0 N–H and O–H groups in total. The van der Waals surface area contributed by atoms with Crippen LogP contribution in [0.1, 0.15) is 43.1 Å². The van der Waals surface area contributed by atoms with Gasteiger partial charge in [0.2, 0.25) is 0 Å². The maximum Gasteiger partial charge on any atom is 0.128 e. The van der Waals surface area contributed by atoms with Crippen molar-refractivity contribution in [2.75, 3.05) is 13.2 Å². The van der Waals surface area contributed by atoms with Crippen molar-refractivity contribution in [3.63, 3.8) is 0 Å². The molecule has 1 saturated heterocycles. The second kappa shape index (κ2) is 8.90. The zero-order chi connectivity index (χ0) is 16.6. The van der Waals surface area contributed by atoms with Crippen LogP contribution >= 0.6 is 0 Å². The van der Waals surface area contributed by atoms with Crippen molar-refractivity contribution >= 4 is 0 Å². The normalized spacial score (nSPS) is 17.5. The van der Waals surface area contributed by atoms with E-state index >= 15 is 0 Å². The second-order valence-corrected chi connectivity index (χ2v) is 6.55. The van der Waals surface area contributed by atoms with Crippen LogP contribution in [0.2, 0.25) is 0 Å². The number of nitrogens with zero attached hydrogens (tertiary/aromatic N) is 3. The lowest BCUT2D eigenvalue weighted by atomic mass is 10.1. The van der Waals surface area contributed by atoms with Crippen molar-refractivity contribution in [2.24, 2.45) is 0 Å². The van der Waals surface area contributed by atoms with Gasteiger partial charge in [-0.25, -0.2) is 9.97 Å². The number of hydrogen-bond donors (Lipinski definition) is 0. The Kier molecular flexibility index (Phi) is 6.33. The number of hydrogen-bond acceptors (Lipinski definition) is 4. The summed E-state index contributed by atoms with van der Waals surface area (Å²) in [7, 11) is 0. The molecule has 1 fully saturated rings. The lowest BCUT2D eigenvalue weighted by Crippen LogP contribution is -2.31. The Bertz CT molecular complexity index is 594. The third-order valence-corrected chi connectivity index (χ3v) is 4.37. The minimum atomic E-state index is 0.356. The van der Waals surface area contributed by atoms with Crippen molar-refractivity contribution in [1.82, 2.24) is 14.9 Å². The minimum absolute atomic E-state index is 0.356. The molecule has 0 amide bonds. The highest BCUT2D eigenvalue weighted by molar-refractivity contribution is 5.15. The van der Waals surface area contributed by atoms with Crippen molar-refractivity contribution in [3.05, 3.63) is 59.7 Å². The number of ether oxygens (including phenoxy) is 1. The van der Waals surface area contributed by atoms with Crippen LogP contribution in [-0.2, 0) is 24.2 Å². The summed E-state index contributed by atoms with van der Waals surface area (Å²) in [6, 6.07) is 10.6. The first-order chi connectivity index (χ1) is 11.8. The Morgan fingerprint density at radius 2 is 1.83 bits per heavy atom. The highest BCUT2D eigenvalue weighted by Crippen LogP contribution is 2.17. The first kappa shape index (κ1) is 17.1. The smallest absolute Gasteiger partial charge is 0.128 e. The van der Waals surface area contributed by atoms with E-state index in [-0.39, 0.29) is 0 Å². The summed E-state index contributed by atoms with van der Waals surface area (Å²) < 4.78 is 5.84. The average molecular weight is 325 g/mol. The molecule has 0 spiro atoms. The van der Waals surface area contributed by atoms with Gasteiger partial charge < -0.3 is 4.74 Å². The summed E-state index contributed by atoms with van der Waals surface area (Å²) >= 11 is 0. The maximum atomic E-state index is 5.84. The third-order valence-electron chi connectivity index (χ3n) is 4.37. The molecule has 4 nitrogen and oxygen atoms in total. The van der Waals surface area contributed by atoms with Gasteiger partial charge in [-0.15, -0.1) is 0 Å². The first-order valence-electron chi connectivity index (χ1n) is 9.01. The summed E-state index contributed by atoms with van der Waals surface area (Å²) in [4.78, 5) is 11.4. The Hall–Kier alpha value is -1.78. The Balaban J connectivity index is 1.66. The van der Waals surface area contributed by atoms with Gasteiger partial charge in [-0.2, -0.15) is 0 Å².